The van der Waals surface area contributed by atoms with Gasteiger partial charge in [-0.25, -0.2) is 4.79 Å². The molecule has 0 saturated heterocycles. The fourth-order valence-electron chi connectivity index (χ4n) is 1.88. The molecule has 0 fully saturated rings. The minimum atomic E-state index is -0.971. The Kier molecular flexibility index (Phi) is 4.23. The average molecular weight is 307 g/mol. The molecule has 21 heavy (non-hydrogen) atoms. The summed E-state index contributed by atoms with van der Waals surface area (Å²) in [6.07, 6.45) is 0. The molecule has 0 aliphatic rings. The van der Waals surface area contributed by atoms with Crippen LogP contribution in [0.3, 0.4) is 0 Å². The Labute approximate surface area is 124 Å². The molecule has 0 unspecified atom stereocenters. The first-order valence-electron chi connectivity index (χ1n) is 6.09. The van der Waals surface area contributed by atoms with Gasteiger partial charge in [0.25, 0.3) is 5.69 Å². The fourth-order valence-corrected chi connectivity index (χ4v) is 2.75. The second-order valence-corrected chi connectivity index (χ2v) is 5.70. The van der Waals surface area contributed by atoms with Gasteiger partial charge in [0.2, 0.25) is 0 Å². The van der Waals surface area contributed by atoms with Gasteiger partial charge >= 0.3 is 5.97 Å². The quantitative estimate of drug-likeness (QED) is 0.674. The molecule has 1 aromatic heterocycles. The van der Waals surface area contributed by atoms with Crippen LogP contribution in [0.5, 0.6) is 5.75 Å². The summed E-state index contributed by atoms with van der Waals surface area (Å²) in [5.41, 5.74) is 1.22. The zero-order valence-electron chi connectivity index (χ0n) is 11.5. The summed E-state index contributed by atoms with van der Waals surface area (Å²) < 4.78 is 5.60. The van der Waals surface area contributed by atoms with Crippen molar-refractivity contribution in [3.8, 4) is 5.75 Å². The van der Waals surface area contributed by atoms with E-state index in [1.54, 1.807) is 25.1 Å². The van der Waals surface area contributed by atoms with Crippen molar-refractivity contribution in [1.82, 2.24) is 0 Å². The van der Waals surface area contributed by atoms with Crippen LogP contribution < -0.4 is 4.74 Å². The topological polar surface area (TPSA) is 89.7 Å². The maximum absolute atomic E-state index is 10.9. The van der Waals surface area contributed by atoms with Gasteiger partial charge in [-0.3, -0.25) is 10.1 Å². The van der Waals surface area contributed by atoms with Crippen LogP contribution in [0.25, 0.3) is 0 Å². The van der Waals surface area contributed by atoms with Gasteiger partial charge in [0.05, 0.1) is 10.5 Å². The molecule has 1 N–H and O–H groups in total. The van der Waals surface area contributed by atoms with Crippen LogP contribution in [0.4, 0.5) is 5.69 Å². The molecule has 0 bridgehead atoms. The molecule has 0 aliphatic heterocycles. The van der Waals surface area contributed by atoms with Crippen molar-refractivity contribution in [2.24, 2.45) is 0 Å². The first-order valence-corrected chi connectivity index (χ1v) is 6.91. The van der Waals surface area contributed by atoms with E-state index in [0.717, 1.165) is 10.4 Å². The van der Waals surface area contributed by atoms with Gasteiger partial charge in [0.1, 0.15) is 17.2 Å². The number of aromatic carboxylic acids is 1. The Hall–Kier alpha value is -2.41. The van der Waals surface area contributed by atoms with Crippen molar-refractivity contribution >= 4 is 23.0 Å². The van der Waals surface area contributed by atoms with Crippen molar-refractivity contribution in [3.63, 3.8) is 0 Å². The maximum atomic E-state index is 10.9. The fraction of sp³-hybridized carbons (Fsp3) is 0.214. The minimum Gasteiger partial charge on any atom is -0.488 e. The van der Waals surface area contributed by atoms with Crippen LogP contribution in [0.1, 0.15) is 25.7 Å². The number of aryl methyl sites for hydroxylation is 1. The Balaban J connectivity index is 2.19. The number of hydrogen-bond acceptors (Lipinski definition) is 5. The summed E-state index contributed by atoms with van der Waals surface area (Å²) in [6, 6.07) is 6.20. The minimum absolute atomic E-state index is 0.000709. The SMILES string of the molecule is Cc1sc(C(=O)O)cc1COc1cccc([N+](=O)[O-])c1C. The van der Waals surface area contributed by atoms with E-state index < -0.39 is 10.9 Å². The monoisotopic (exact) mass is 307 g/mol. The van der Waals surface area contributed by atoms with Crippen LogP contribution >= 0.6 is 11.3 Å². The normalized spacial score (nSPS) is 10.4. The smallest absolute Gasteiger partial charge is 0.345 e. The molecule has 7 heteroatoms. The lowest BCUT2D eigenvalue weighted by molar-refractivity contribution is -0.385. The largest absolute Gasteiger partial charge is 0.488 e. The molecule has 0 saturated carbocycles. The predicted molar refractivity (Wildman–Crippen MR) is 78.2 cm³/mol. The number of benzene rings is 1. The van der Waals surface area contributed by atoms with Crippen molar-refractivity contribution in [2.75, 3.05) is 0 Å². The standard InChI is InChI=1S/C14H13NO5S/c1-8-11(15(18)19)4-3-5-12(8)20-7-10-6-13(14(16)17)21-9(10)2/h3-6H,7H2,1-2H3,(H,16,17). The number of ether oxygens (including phenoxy) is 1. The Morgan fingerprint density at radius 1 is 1.43 bits per heavy atom. The van der Waals surface area contributed by atoms with Crippen molar-refractivity contribution < 1.29 is 19.6 Å². The highest BCUT2D eigenvalue weighted by molar-refractivity contribution is 7.14. The maximum Gasteiger partial charge on any atom is 0.345 e. The van der Waals surface area contributed by atoms with E-state index in [4.69, 9.17) is 9.84 Å². The third-order valence-corrected chi connectivity index (χ3v) is 4.15. The lowest BCUT2D eigenvalue weighted by Crippen LogP contribution is -1.99. The number of carbonyl (C=O) groups is 1. The summed E-state index contributed by atoms with van der Waals surface area (Å²) in [5, 5.41) is 19.8. The highest BCUT2D eigenvalue weighted by atomic mass is 32.1. The first-order chi connectivity index (χ1) is 9.90. The molecule has 0 spiro atoms. The number of nitrogens with zero attached hydrogens (tertiary/aromatic N) is 1. The third kappa shape index (κ3) is 3.19. The van der Waals surface area contributed by atoms with Crippen LogP contribution in [-0.2, 0) is 6.61 Å². The van der Waals surface area contributed by atoms with E-state index in [2.05, 4.69) is 0 Å². The molecule has 6 nitrogen and oxygen atoms in total. The molecule has 1 aromatic carbocycles. The molecular weight excluding hydrogens is 294 g/mol. The molecular formula is C14H13NO5S. The van der Waals surface area contributed by atoms with E-state index in [1.807, 2.05) is 6.92 Å². The number of carboxylic acids is 1. The number of thiophene rings is 1. The molecule has 1 heterocycles. The van der Waals surface area contributed by atoms with Crippen LogP contribution in [-0.4, -0.2) is 16.0 Å². The van der Waals surface area contributed by atoms with E-state index in [1.165, 1.54) is 17.4 Å². The van der Waals surface area contributed by atoms with Crippen molar-refractivity contribution in [3.05, 3.63) is 55.3 Å². The number of rotatable bonds is 5. The molecule has 110 valence electrons. The van der Waals surface area contributed by atoms with Gasteiger partial charge in [-0.1, -0.05) is 6.07 Å². The van der Waals surface area contributed by atoms with Gasteiger partial charge in [-0.15, -0.1) is 11.3 Å². The Bertz CT molecular complexity index is 707. The van der Waals surface area contributed by atoms with E-state index in [9.17, 15) is 14.9 Å². The molecule has 0 aliphatic carbocycles. The highest BCUT2D eigenvalue weighted by Crippen LogP contribution is 2.29. The predicted octanol–water partition coefficient (Wildman–Crippen LogP) is 3.55. The zero-order chi connectivity index (χ0) is 15.6. The number of hydrogen-bond donors (Lipinski definition) is 1. The van der Waals surface area contributed by atoms with Crippen molar-refractivity contribution in [2.45, 2.75) is 20.5 Å². The lowest BCUT2D eigenvalue weighted by atomic mass is 10.2. The third-order valence-electron chi connectivity index (χ3n) is 3.07. The Morgan fingerprint density at radius 2 is 2.14 bits per heavy atom. The molecule has 0 atom stereocenters. The lowest BCUT2D eigenvalue weighted by Gasteiger charge is -2.08. The van der Waals surface area contributed by atoms with E-state index in [0.29, 0.717) is 11.3 Å². The molecule has 2 rings (SSSR count). The van der Waals surface area contributed by atoms with E-state index in [-0.39, 0.29) is 17.2 Å². The Morgan fingerprint density at radius 3 is 2.71 bits per heavy atom. The molecule has 2 aromatic rings. The second-order valence-electron chi connectivity index (χ2n) is 4.44. The van der Waals surface area contributed by atoms with Crippen LogP contribution in [0.2, 0.25) is 0 Å². The highest BCUT2D eigenvalue weighted by Gasteiger charge is 2.15. The van der Waals surface area contributed by atoms with E-state index >= 15 is 0 Å². The number of nitro benzene ring substituents is 1. The summed E-state index contributed by atoms with van der Waals surface area (Å²) in [4.78, 5) is 22.4. The van der Waals surface area contributed by atoms with Crippen LogP contribution in [0.15, 0.2) is 24.3 Å². The van der Waals surface area contributed by atoms with Gasteiger partial charge in [0, 0.05) is 16.5 Å². The van der Waals surface area contributed by atoms with Gasteiger partial charge in [-0.2, -0.15) is 0 Å². The first kappa shape index (κ1) is 15.0. The zero-order valence-corrected chi connectivity index (χ0v) is 12.3. The average Bonchev–Trinajstić information content (AvgIpc) is 2.79. The van der Waals surface area contributed by atoms with Gasteiger partial charge in [-0.05, 0) is 26.0 Å². The second kappa shape index (κ2) is 5.92. The summed E-state index contributed by atoms with van der Waals surface area (Å²) in [5.74, 6) is -0.549. The summed E-state index contributed by atoms with van der Waals surface area (Å²) >= 11 is 1.18. The summed E-state index contributed by atoms with van der Waals surface area (Å²) in [6.45, 7) is 3.62. The van der Waals surface area contributed by atoms with Gasteiger partial charge in [0.15, 0.2) is 0 Å². The molecule has 0 amide bonds. The van der Waals surface area contributed by atoms with Crippen molar-refractivity contribution in [1.29, 1.82) is 0 Å². The van der Waals surface area contributed by atoms with Crippen LogP contribution in [0, 0.1) is 24.0 Å². The molecule has 0 radical (unpaired) electrons. The van der Waals surface area contributed by atoms with Gasteiger partial charge < -0.3 is 9.84 Å². The number of carboxylic acid groups (broad SMARTS) is 1. The summed E-state index contributed by atoms with van der Waals surface area (Å²) in [7, 11) is 0. The number of nitro groups is 1.